The van der Waals surface area contributed by atoms with Crippen LogP contribution in [0.2, 0.25) is 0 Å². The molecule has 0 unspecified atom stereocenters. The van der Waals surface area contributed by atoms with Gasteiger partial charge in [-0.1, -0.05) is 6.92 Å². The van der Waals surface area contributed by atoms with Crippen molar-refractivity contribution < 1.29 is 24.2 Å². The molecule has 23 heavy (non-hydrogen) atoms. The Morgan fingerprint density at radius 2 is 2.04 bits per heavy atom. The second-order valence-corrected chi connectivity index (χ2v) is 4.73. The van der Waals surface area contributed by atoms with E-state index >= 15 is 0 Å². The smallest absolute Gasteiger partial charge is 0.329 e. The Bertz CT molecular complexity index is 628. The molecule has 1 aromatic carbocycles. The summed E-state index contributed by atoms with van der Waals surface area (Å²) in [5, 5.41) is 17.1. The van der Waals surface area contributed by atoms with Gasteiger partial charge in [-0.05, 0) is 37.1 Å². The number of carboxylic acid groups (broad SMARTS) is 1. The third kappa shape index (κ3) is 5.42. The third-order valence-electron chi connectivity index (χ3n) is 3.02. The number of aromatic carboxylic acids is 1. The first-order valence-corrected chi connectivity index (χ1v) is 6.92. The van der Waals surface area contributed by atoms with Crippen molar-refractivity contribution in [2.24, 2.45) is 5.10 Å². The number of hydrogen-bond acceptors (Lipinski definition) is 6. The Morgan fingerprint density at radius 3 is 2.61 bits per heavy atom. The van der Waals surface area contributed by atoms with Gasteiger partial charge in [0.15, 0.2) is 0 Å². The summed E-state index contributed by atoms with van der Waals surface area (Å²) in [6, 6.07) is 4.14. The molecule has 2 amide bonds. The van der Waals surface area contributed by atoms with Crippen LogP contribution in [0.5, 0.6) is 5.75 Å². The SMILES string of the molecule is CC[C@H](C)NC(=O)C(=O)N/N=C\c1ccc(OC)c(C(=O)[O-])c1. The number of rotatable bonds is 6. The topological polar surface area (TPSA) is 120 Å². The zero-order chi connectivity index (χ0) is 17.4. The van der Waals surface area contributed by atoms with E-state index in [-0.39, 0.29) is 17.4 Å². The standard InChI is InChI=1S/C15H19N3O5/c1-4-9(2)17-13(19)14(20)18-16-8-10-5-6-12(23-3)11(7-10)15(21)22/h5-9H,4H2,1-3H3,(H,17,19)(H,18,20)(H,21,22)/p-1/b16-8-/t9-/m0/s1. The van der Waals surface area contributed by atoms with E-state index in [4.69, 9.17) is 4.74 Å². The van der Waals surface area contributed by atoms with Crippen molar-refractivity contribution in [2.45, 2.75) is 26.3 Å². The minimum absolute atomic E-state index is 0.121. The van der Waals surface area contributed by atoms with Crippen molar-refractivity contribution in [1.29, 1.82) is 0 Å². The fraction of sp³-hybridized carbons (Fsp3) is 0.333. The summed E-state index contributed by atoms with van der Waals surface area (Å²) < 4.78 is 4.90. The lowest BCUT2D eigenvalue weighted by atomic mass is 10.1. The van der Waals surface area contributed by atoms with Gasteiger partial charge in [0.1, 0.15) is 5.75 Å². The fourth-order valence-corrected chi connectivity index (χ4v) is 1.57. The van der Waals surface area contributed by atoms with Gasteiger partial charge in [-0.3, -0.25) is 9.59 Å². The monoisotopic (exact) mass is 320 g/mol. The van der Waals surface area contributed by atoms with E-state index < -0.39 is 17.8 Å². The number of carbonyl (C=O) groups excluding carboxylic acids is 3. The number of benzene rings is 1. The molecule has 2 N–H and O–H groups in total. The highest BCUT2D eigenvalue weighted by molar-refractivity contribution is 6.35. The Hall–Kier alpha value is -2.90. The van der Waals surface area contributed by atoms with Crippen LogP contribution in [0.25, 0.3) is 0 Å². The van der Waals surface area contributed by atoms with Crippen molar-refractivity contribution in [3.05, 3.63) is 29.3 Å². The zero-order valence-electron chi connectivity index (χ0n) is 13.1. The summed E-state index contributed by atoms with van der Waals surface area (Å²) in [4.78, 5) is 34.0. The Kier molecular flexibility index (Phi) is 6.72. The normalized spacial score (nSPS) is 11.8. The lowest BCUT2D eigenvalue weighted by molar-refractivity contribution is -0.255. The summed E-state index contributed by atoms with van der Waals surface area (Å²) in [5.74, 6) is -2.94. The highest BCUT2D eigenvalue weighted by atomic mass is 16.5. The number of ether oxygens (including phenoxy) is 1. The van der Waals surface area contributed by atoms with Gasteiger partial charge in [0, 0.05) is 11.6 Å². The molecule has 0 bridgehead atoms. The highest BCUT2D eigenvalue weighted by Gasteiger charge is 2.14. The number of nitrogens with one attached hydrogen (secondary N) is 2. The molecule has 0 fully saturated rings. The van der Waals surface area contributed by atoms with Crippen LogP contribution in [-0.2, 0) is 9.59 Å². The molecule has 1 aromatic rings. The minimum atomic E-state index is -1.39. The van der Waals surface area contributed by atoms with E-state index in [0.29, 0.717) is 12.0 Å². The Morgan fingerprint density at radius 1 is 1.35 bits per heavy atom. The molecule has 0 aliphatic carbocycles. The molecule has 124 valence electrons. The summed E-state index contributed by atoms with van der Waals surface area (Å²) in [6.07, 6.45) is 1.90. The van der Waals surface area contributed by atoms with E-state index in [9.17, 15) is 19.5 Å². The average molecular weight is 320 g/mol. The van der Waals surface area contributed by atoms with Crippen LogP contribution in [0.4, 0.5) is 0 Å². The third-order valence-corrected chi connectivity index (χ3v) is 3.02. The molecular formula is C15H18N3O5-. The lowest BCUT2D eigenvalue weighted by Gasteiger charge is -2.10. The van der Waals surface area contributed by atoms with Gasteiger partial charge in [-0.15, -0.1) is 0 Å². The van der Waals surface area contributed by atoms with E-state index in [1.807, 2.05) is 6.92 Å². The number of carbonyl (C=O) groups is 3. The van der Waals surface area contributed by atoms with Crippen molar-refractivity contribution in [2.75, 3.05) is 7.11 Å². The van der Waals surface area contributed by atoms with Crippen molar-refractivity contribution in [3.63, 3.8) is 0 Å². The Balaban J connectivity index is 2.71. The van der Waals surface area contributed by atoms with Crippen LogP contribution in [0.3, 0.4) is 0 Å². The molecule has 8 nitrogen and oxygen atoms in total. The minimum Gasteiger partial charge on any atom is -0.545 e. The van der Waals surface area contributed by atoms with E-state index in [1.165, 1.54) is 25.5 Å². The number of carboxylic acids is 1. The van der Waals surface area contributed by atoms with E-state index in [0.717, 1.165) is 0 Å². The van der Waals surface area contributed by atoms with Gasteiger partial charge < -0.3 is 20.0 Å². The van der Waals surface area contributed by atoms with E-state index in [1.54, 1.807) is 13.0 Å². The van der Waals surface area contributed by atoms with Crippen LogP contribution < -0.4 is 20.6 Å². The number of hydrazone groups is 1. The van der Waals surface area contributed by atoms with Crippen LogP contribution in [-0.4, -0.2) is 37.1 Å². The predicted molar refractivity (Wildman–Crippen MR) is 81.0 cm³/mol. The van der Waals surface area contributed by atoms with E-state index in [2.05, 4.69) is 15.8 Å². The lowest BCUT2D eigenvalue weighted by Crippen LogP contribution is -2.41. The van der Waals surface area contributed by atoms with Crippen LogP contribution in [0.15, 0.2) is 23.3 Å². The first-order chi connectivity index (χ1) is 10.9. The van der Waals surface area contributed by atoms with Crippen LogP contribution in [0.1, 0.15) is 36.2 Å². The maximum atomic E-state index is 11.5. The molecule has 0 aliphatic rings. The number of methoxy groups -OCH3 is 1. The zero-order valence-corrected chi connectivity index (χ0v) is 13.1. The predicted octanol–water partition coefficient (Wildman–Crippen LogP) is -0.576. The molecule has 0 radical (unpaired) electrons. The van der Waals surface area contributed by atoms with Gasteiger partial charge in [0.25, 0.3) is 0 Å². The quantitative estimate of drug-likeness (QED) is 0.413. The summed E-state index contributed by atoms with van der Waals surface area (Å²) >= 11 is 0. The molecule has 0 saturated carbocycles. The maximum absolute atomic E-state index is 11.5. The van der Waals surface area contributed by atoms with Gasteiger partial charge in [-0.2, -0.15) is 5.10 Å². The van der Waals surface area contributed by atoms with Crippen LogP contribution >= 0.6 is 0 Å². The number of hydrogen-bond donors (Lipinski definition) is 2. The summed E-state index contributed by atoms with van der Waals surface area (Å²) in [7, 11) is 1.34. The number of amides is 2. The number of nitrogens with zero attached hydrogens (tertiary/aromatic N) is 1. The molecule has 0 heterocycles. The fourth-order valence-electron chi connectivity index (χ4n) is 1.57. The molecule has 8 heteroatoms. The van der Waals surface area contributed by atoms with Gasteiger partial charge in [0.2, 0.25) is 0 Å². The van der Waals surface area contributed by atoms with Gasteiger partial charge >= 0.3 is 11.8 Å². The van der Waals surface area contributed by atoms with Gasteiger partial charge in [-0.25, -0.2) is 5.43 Å². The first kappa shape index (κ1) is 18.1. The highest BCUT2D eigenvalue weighted by Crippen LogP contribution is 2.18. The molecule has 0 saturated heterocycles. The molecule has 1 atom stereocenters. The summed E-state index contributed by atoms with van der Waals surface area (Å²) in [5.41, 5.74) is 2.32. The molecule has 0 aliphatic heterocycles. The second-order valence-electron chi connectivity index (χ2n) is 4.73. The summed E-state index contributed by atoms with van der Waals surface area (Å²) in [6.45, 7) is 3.65. The Labute approximate surface area is 133 Å². The maximum Gasteiger partial charge on any atom is 0.329 e. The van der Waals surface area contributed by atoms with Crippen molar-refractivity contribution >= 4 is 24.0 Å². The second kappa shape index (κ2) is 8.52. The molecular weight excluding hydrogens is 302 g/mol. The average Bonchev–Trinajstić information content (AvgIpc) is 2.54. The molecule has 1 rings (SSSR count). The van der Waals surface area contributed by atoms with Gasteiger partial charge in [0.05, 0.1) is 19.3 Å². The first-order valence-electron chi connectivity index (χ1n) is 6.92. The van der Waals surface area contributed by atoms with Crippen LogP contribution in [0, 0.1) is 0 Å². The largest absolute Gasteiger partial charge is 0.545 e. The van der Waals surface area contributed by atoms with Crippen molar-refractivity contribution in [1.82, 2.24) is 10.7 Å². The molecule has 0 aromatic heterocycles. The molecule has 0 spiro atoms. The van der Waals surface area contributed by atoms with Crippen molar-refractivity contribution in [3.8, 4) is 5.75 Å².